The molecule has 0 unspecified atom stereocenters. The van der Waals surface area contributed by atoms with Gasteiger partial charge in [-0.15, -0.1) is 0 Å². The number of allylic oxidation sites excluding steroid dienone is 1. The van der Waals surface area contributed by atoms with Crippen molar-refractivity contribution < 1.29 is 0 Å². The van der Waals surface area contributed by atoms with Crippen LogP contribution in [0.3, 0.4) is 0 Å². The molecule has 2 rings (SSSR count). The van der Waals surface area contributed by atoms with Gasteiger partial charge in [-0.3, -0.25) is 9.25 Å². The number of nitrogens with one attached hydrogen (secondary N) is 1. The third-order valence-corrected chi connectivity index (χ3v) is 2.68. The molecule has 0 saturated carbocycles. The Morgan fingerprint density at radius 2 is 2.27 bits per heavy atom. The third kappa shape index (κ3) is 1.52. The number of fused-ring (bicyclic) bond motifs is 1. The molecule has 0 aromatic carbocycles. The highest BCUT2D eigenvalue weighted by atomic mass is 32.1. The summed E-state index contributed by atoms with van der Waals surface area (Å²) in [4.78, 5) is 3.17. The fraction of sp³-hybridized carbons (Fsp3) is 0.400. The van der Waals surface area contributed by atoms with Crippen LogP contribution in [-0.4, -0.2) is 19.3 Å². The van der Waals surface area contributed by atoms with E-state index >= 15 is 0 Å². The van der Waals surface area contributed by atoms with Gasteiger partial charge >= 0.3 is 0 Å². The van der Waals surface area contributed by atoms with Gasteiger partial charge < -0.3 is 4.98 Å². The van der Waals surface area contributed by atoms with Gasteiger partial charge in [0.25, 0.3) is 0 Å². The number of imidazole rings is 1. The quantitative estimate of drug-likeness (QED) is 0.625. The Labute approximate surface area is 93.2 Å². The Kier molecular flexibility index (Phi) is 2.26. The molecule has 0 aliphatic rings. The first-order chi connectivity index (χ1) is 7.00. The van der Waals surface area contributed by atoms with Crippen LogP contribution in [0, 0.1) is 11.7 Å². The largest absolute Gasteiger partial charge is 0.328 e. The molecule has 0 saturated heterocycles. The van der Waals surface area contributed by atoms with Crippen LogP contribution < -0.4 is 0 Å². The molecule has 4 nitrogen and oxygen atoms in total. The second-order valence-electron chi connectivity index (χ2n) is 3.88. The van der Waals surface area contributed by atoms with Crippen molar-refractivity contribution in [1.29, 1.82) is 0 Å². The summed E-state index contributed by atoms with van der Waals surface area (Å²) in [5, 5.41) is 4.35. The third-order valence-electron chi connectivity index (χ3n) is 2.35. The highest BCUT2D eigenvalue weighted by Crippen LogP contribution is 2.17. The van der Waals surface area contributed by atoms with E-state index in [9.17, 15) is 0 Å². The minimum absolute atomic E-state index is 0.726. The molecule has 0 bridgehead atoms. The van der Waals surface area contributed by atoms with Crippen molar-refractivity contribution in [3.05, 3.63) is 22.6 Å². The lowest BCUT2D eigenvalue weighted by Gasteiger charge is -2.03. The molecule has 2 heterocycles. The van der Waals surface area contributed by atoms with Gasteiger partial charge in [0, 0.05) is 13.6 Å². The highest BCUT2D eigenvalue weighted by molar-refractivity contribution is 7.71. The molecule has 0 aliphatic heterocycles. The van der Waals surface area contributed by atoms with E-state index in [2.05, 4.69) is 16.7 Å². The monoisotopic (exact) mass is 222 g/mol. The molecule has 2 aromatic rings. The molecule has 0 amide bonds. The highest BCUT2D eigenvalue weighted by Gasteiger charge is 2.11. The number of aryl methyl sites for hydroxylation is 2. The number of hydrogen-bond acceptors (Lipinski definition) is 2. The standard InChI is InChI=1S/C10H14N4S/c1-6(2)5-14-9-8(11-10(14)15)7(3)12-13(9)4/h1,5H2,2-4H3,(H,11,15). The molecule has 0 atom stereocenters. The van der Waals surface area contributed by atoms with Crippen molar-refractivity contribution in [2.45, 2.75) is 20.4 Å². The van der Waals surface area contributed by atoms with Crippen LogP contribution in [0.4, 0.5) is 0 Å². The summed E-state index contributed by atoms with van der Waals surface area (Å²) < 4.78 is 4.59. The number of nitrogens with zero attached hydrogens (tertiary/aromatic N) is 3. The van der Waals surface area contributed by atoms with E-state index in [4.69, 9.17) is 12.2 Å². The lowest BCUT2D eigenvalue weighted by Crippen LogP contribution is -2.03. The van der Waals surface area contributed by atoms with Crippen molar-refractivity contribution in [2.24, 2.45) is 7.05 Å². The van der Waals surface area contributed by atoms with Crippen LogP contribution in [0.15, 0.2) is 12.2 Å². The predicted octanol–water partition coefficient (Wildman–Crippen LogP) is 2.32. The fourth-order valence-electron chi connectivity index (χ4n) is 1.79. The topological polar surface area (TPSA) is 38.5 Å². The number of aromatic amines is 1. The molecule has 0 radical (unpaired) electrons. The lowest BCUT2D eigenvalue weighted by atomic mass is 10.3. The Balaban J connectivity index is 2.77. The smallest absolute Gasteiger partial charge is 0.179 e. The maximum absolute atomic E-state index is 5.27. The second kappa shape index (κ2) is 3.34. The van der Waals surface area contributed by atoms with Crippen LogP contribution in [0.1, 0.15) is 12.6 Å². The molecule has 15 heavy (non-hydrogen) atoms. The van der Waals surface area contributed by atoms with Gasteiger partial charge in [0.2, 0.25) is 0 Å². The summed E-state index contributed by atoms with van der Waals surface area (Å²) >= 11 is 5.27. The van der Waals surface area contributed by atoms with Gasteiger partial charge in [0.1, 0.15) is 5.52 Å². The molecule has 0 aliphatic carbocycles. The molecule has 0 spiro atoms. The van der Waals surface area contributed by atoms with E-state index in [0.29, 0.717) is 0 Å². The number of rotatable bonds is 2. The van der Waals surface area contributed by atoms with Crippen molar-refractivity contribution in [3.8, 4) is 0 Å². The van der Waals surface area contributed by atoms with E-state index in [1.165, 1.54) is 0 Å². The molecule has 0 fully saturated rings. The second-order valence-corrected chi connectivity index (χ2v) is 4.27. The van der Waals surface area contributed by atoms with Crippen LogP contribution >= 0.6 is 12.2 Å². The molecule has 80 valence electrons. The van der Waals surface area contributed by atoms with Gasteiger partial charge in [-0.25, -0.2) is 0 Å². The number of aromatic nitrogens is 4. The number of hydrogen-bond donors (Lipinski definition) is 1. The summed E-state index contributed by atoms with van der Waals surface area (Å²) in [5.74, 6) is 0. The maximum Gasteiger partial charge on any atom is 0.179 e. The molecule has 5 heteroatoms. The summed E-state index contributed by atoms with van der Waals surface area (Å²) in [5.41, 5.74) is 4.09. The van der Waals surface area contributed by atoms with Crippen molar-refractivity contribution in [1.82, 2.24) is 19.3 Å². The Bertz CT molecular complexity index is 584. The fourth-order valence-corrected chi connectivity index (χ4v) is 2.04. The van der Waals surface area contributed by atoms with Gasteiger partial charge in [-0.1, -0.05) is 12.2 Å². The van der Waals surface area contributed by atoms with Crippen LogP contribution in [0.2, 0.25) is 0 Å². The van der Waals surface area contributed by atoms with Gasteiger partial charge in [-0.2, -0.15) is 5.10 Å². The zero-order valence-corrected chi connectivity index (χ0v) is 9.98. The van der Waals surface area contributed by atoms with Crippen LogP contribution in [0.5, 0.6) is 0 Å². The molecular formula is C10H14N4S. The molecular weight excluding hydrogens is 208 g/mol. The van der Waals surface area contributed by atoms with Gasteiger partial charge in [0.05, 0.1) is 5.69 Å². The first kappa shape index (κ1) is 10.2. The summed E-state index contributed by atoms with van der Waals surface area (Å²) in [6, 6.07) is 0. The van der Waals surface area contributed by atoms with E-state index in [0.717, 1.165) is 33.7 Å². The van der Waals surface area contributed by atoms with E-state index < -0.39 is 0 Å². The minimum atomic E-state index is 0.726. The Morgan fingerprint density at radius 3 is 2.87 bits per heavy atom. The predicted molar refractivity (Wildman–Crippen MR) is 63.4 cm³/mol. The first-order valence-corrected chi connectivity index (χ1v) is 5.18. The van der Waals surface area contributed by atoms with Crippen molar-refractivity contribution in [3.63, 3.8) is 0 Å². The van der Waals surface area contributed by atoms with Gasteiger partial charge in [-0.05, 0) is 26.1 Å². The van der Waals surface area contributed by atoms with Crippen LogP contribution in [0.25, 0.3) is 11.2 Å². The molecule has 1 N–H and O–H groups in total. The Hall–Kier alpha value is -1.36. The van der Waals surface area contributed by atoms with E-state index in [-0.39, 0.29) is 0 Å². The van der Waals surface area contributed by atoms with Crippen molar-refractivity contribution in [2.75, 3.05) is 0 Å². The first-order valence-electron chi connectivity index (χ1n) is 4.77. The van der Waals surface area contributed by atoms with E-state index in [1.54, 1.807) is 0 Å². The molecule has 2 aromatic heterocycles. The average Bonchev–Trinajstić information content (AvgIpc) is 2.55. The summed E-state index contributed by atoms with van der Waals surface area (Å²) in [6.07, 6.45) is 0. The van der Waals surface area contributed by atoms with Gasteiger partial charge in [0.15, 0.2) is 10.4 Å². The summed E-state index contributed by atoms with van der Waals surface area (Å²) in [7, 11) is 1.92. The van der Waals surface area contributed by atoms with E-state index in [1.807, 2.05) is 30.1 Å². The Morgan fingerprint density at radius 1 is 1.60 bits per heavy atom. The van der Waals surface area contributed by atoms with Crippen LogP contribution in [-0.2, 0) is 13.6 Å². The zero-order chi connectivity index (χ0) is 11.2. The zero-order valence-electron chi connectivity index (χ0n) is 9.16. The SMILES string of the molecule is C=C(C)Cn1c(=S)[nH]c2c(C)nn(C)c21. The number of H-pyrrole nitrogens is 1. The normalized spacial score (nSPS) is 11.1. The van der Waals surface area contributed by atoms with Crippen molar-refractivity contribution >= 4 is 23.4 Å². The minimum Gasteiger partial charge on any atom is -0.328 e. The maximum atomic E-state index is 5.27. The lowest BCUT2D eigenvalue weighted by molar-refractivity contribution is 0.710. The summed E-state index contributed by atoms with van der Waals surface area (Å²) in [6.45, 7) is 8.60. The average molecular weight is 222 g/mol.